The van der Waals surface area contributed by atoms with Crippen LogP contribution in [0.3, 0.4) is 0 Å². The van der Waals surface area contributed by atoms with E-state index < -0.39 is 0 Å². The van der Waals surface area contributed by atoms with E-state index in [1.165, 1.54) is 41.2 Å². The number of piperidine rings is 1. The number of carbonyl (C=O) groups is 1. The summed E-state index contributed by atoms with van der Waals surface area (Å²) in [5, 5.41) is 3.15. The summed E-state index contributed by atoms with van der Waals surface area (Å²) in [5.41, 5.74) is 4.54. The maximum atomic E-state index is 12.8. The van der Waals surface area contributed by atoms with Crippen molar-refractivity contribution in [3.63, 3.8) is 0 Å². The van der Waals surface area contributed by atoms with E-state index in [4.69, 9.17) is 0 Å². The van der Waals surface area contributed by atoms with Gasteiger partial charge in [0.2, 0.25) is 0 Å². The normalized spacial score (nSPS) is 21.3. The summed E-state index contributed by atoms with van der Waals surface area (Å²) in [6, 6.07) is 14.9. The number of nitrogens with one attached hydrogen (secondary N) is 1. The van der Waals surface area contributed by atoms with Crippen LogP contribution in [0.25, 0.3) is 0 Å². The smallest absolute Gasteiger partial charge is 0.251 e. The number of amides is 1. The SMILES string of the molecule is Cc1ccc(CN2CCSc3ccc(C(=O)NCCCN4C[C@@H](C)C[C@H](C)C4)cc32)cc1. The van der Waals surface area contributed by atoms with Crippen molar-refractivity contribution in [3.8, 4) is 0 Å². The number of anilines is 1. The Labute approximate surface area is 197 Å². The molecule has 0 radical (unpaired) electrons. The molecule has 0 unspecified atom stereocenters. The minimum atomic E-state index is 0.0408. The fraction of sp³-hybridized carbons (Fsp3) is 0.519. The topological polar surface area (TPSA) is 35.6 Å². The first kappa shape index (κ1) is 23.2. The number of hydrogen-bond acceptors (Lipinski definition) is 4. The van der Waals surface area contributed by atoms with Gasteiger partial charge in [0.1, 0.15) is 0 Å². The lowest BCUT2D eigenvalue weighted by atomic mass is 9.92. The fourth-order valence-electron chi connectivity index (χ4n) is 5.07. The number of thioether (sulfide) groups is 1. The highest BCUT2D eigenvalue weighted by Gasteiger charge is 2.22. The molecule has 0 aromatic heterocycles. The quantitative estimate of drug-likeness (QED) is 0.587. The fourth-order valence-corrected chi connectivity index (χ4v) is 6.11. The molecule has 0 bridgehead atoms. The summed E-state index contributed by atoms with van der Waals surface area (Å²) in [5.74, 6) is 2.69. The van der Waals surface area contributed by atoms with Crippen LogP contribution in [0, 0.1) is 18.8 Å². The molecule has 32 heavy (non-hydrogen) atoms. The molecule has 2 atom stereocenters. The standard InChI is InChI=1S/C27H37N3OS/c1-20-5-7-23(8-6-20)19-30-13-14-32-26-10-9-24(16-25(26)30)27(31)28-11-4-12-29-17-21(2)15-22(3)18-29/h5-10,16,21-22H,4,11-15,17-19H2,1-3H3,(H,28,31)/t21-,22-/m0/s1. The number of carbonyl (C=O) groups excluding carboxylic acids is 1. The second-order valence-corrected chi connectivity index (χ2v) is 10.9. The number of nitrogens with zero attached hydrogens (tertiary/aromatic N) is 2. The van der Waals surface area contributed by atoms with E-state index in [0.717, 1.165) is 55.8 Å². The minimum absolute atomic E-state index is 0.0408. The minimum Gasteiger partial charge on any atom is -0.365 e. The van der Waals surface area contributed by atoms with Crippen molar-refractivity contribution in [2.45, 2.75) is 45.1 Å². The Kier molecular flexibility index (Phi) is 7.80. The van der Waals surface area contributed by atoms with Crippen LogP contribution < -0.4 is 10.2 Å². The van der Waals surface area contributed by atoms with Gasteiger partial charge < -0.3 is 15.1 Å². The van der Waals surface area contributed by atoms with Crippen LogP contribution in [0.2, 0.25) is 0 Å². The van der Waals surface area contributed by atoms with Crippen LogP contribution in [-0.4, -0.2) is 49.3 Å². The summed E-state index contributed by atoms with van der Waals surface area (Å²) >= 11 is 1.88. The zero-order chi connectivity index (χ0) is 22.5. The van der Waals surface area contributed by atoms with Crippen LogP contribution in [0.1, 0.15) is 48.2 Å². The molecule has 2 aromatic carbocycles. The Bertz CT molecular complexity index is 904. The molecule has 1 N–H and O–H groups in total. The lowest BCUT2D eigenvalue weighted by molar-refractivity contribution is 0.0947. The van der Waals surface area contributed by atoms with Gasteiger partial charge in [-0.25, -0.2) is 0 Å². The van der Waals surface area contributed by atoms with E-state index >= 15 is 0 Å². The average molecular weight is 452 g/mol. The van der Waals surface area contributed by atoms with Gasteiger partial charge in [0, 0.05) is 48.9 Å². The Morgan fingerprint density at radius 1 is 1.09 bits per heavy atom. The van der Waals surface area contributed by atoms with Gasteiger partial charge in [0.15, 0.2) is 0 Å². The molecule has 2 aliphatic heterocycles. The van der Waals surface area contributed by atoms with Gasteiger partial charge in [-0.1, -0.05) is 43.7 Å². The maximum absolute atomic E-state index is 12.8. The predicted octanol–water partition coefficient (Wildman–Crippen LogP) is 5.21. The molecule has 0 aliphatic carbocycles. The van der Waals surface area contributed by atoms with Gasteiger partial charge in [0.05, 0.1) is 5.69 Å². The molecule has 2 aliphatic rings. The maximum Gasteiger partial charge on any atom is 0.251 e. The van der Waals surface area contributed by atoms with Crippen molar-refractivity contribution < 1.29 is 4.79 Å². The molecule has 2 heterocycles. The molecular weight excluding hydrogens is 414 g/mol. The number of fused-ring (bicyclic) bond motifs is 1. The Morgan fingerprint density at radius 3 is 2.59 bits per heavy atom. The van der Waals surface area contributed by atoms with Gasteiger partial charge in [-0.15, -0.1) is 11.8 Å². The largest absolute Gasteiger partial charge is 0.365 e. The monoisotopic (exact) mass is 451 g/mol. The lowest BCUT2D eigenvalue weighted by Crippen LogP contribution is -2.40. The molecule has 1 fully saturated rings. The lowest BCUT2D eigenvalue weighted by Gasteiger charge is -2.34. The van der Waals surface area contributed by atoms with Crippen molar-refractivity contribution >= 4 is 23.4 Å². The van der Waals surface area contributed by atoms with E-state index in [1.54, 1.807) is 0 Å². The summed E-state index contributed by atoms with van der Waals surface area (Å²) < 4.78 is 0. The first-order valence-corrected chi connectivity index (χ1v) is 13.0. The van der Waals surface area contributed by atoms with Crippen LogP contribution in [-0.2, 0) is 6.54 Å². The summed E-state index contributed by atoms with van der Waals surface area (Å²) in [7, 11) is 0. The molecule has 4 nitrogen and oxygen atoms in total. The Morgan fingerprint density at radius 2 is 1.84 bits per heavy atom. The molecule has 1 amide bonds. The van der Waals surface area contributed by atoms with Gasteiger partial charge in [-0.3, -0.25) is 4.79 Å². The highest BCUT2D eigenvalue weighted by Crippen LogP contribution is 2.36. The number of hydrogen-bond donors (Lipinski definition) is 1. The van der Waals surface area contributed by atoms with Crippen molar-refractivity contribution in [1.29, 1.82) is 0 Å². The average Bonchev–Trinajstić information content (AvgIpc) is 2.77. The highest BCUT2D eigenvalue weighted by atomic mass is 32.2. The van der Waals surface area contributed by atoms with E-state index in [9.17, 15) is 4.79 Å². The molecule has 4 rings (SSSR count). The first-order valence-electron chi connectivity index (χ1n) is 12.1. The van der Waals surface area contributed by atoms with E-state index in [2.05, 4.69) is 72.3 Å². The molecular formula is C27H37N3OS. The van der Waals surface area contributed by atoms with Crippen LogP contribution >= 0.6 is 11.8 Å². The molecule has 1 saturated heterocycles. The summed E-state index contributed by atoms with van der Waals surface area (Å²) in [4.78, 5) is 19.1. The predicted molar refractivity (Wildman–Crippen MR) is 136 cm³/mol. The summed E-state index contributed by atoms with van der Waals surface area (Å²) in [6.07, 6.45) is 2.34. The third-order valence-corrected chi connectivity index (χ3v) is 7.60. The van der Waals surface area contributed by atoms with Crippen molar-refractivity contribution in [3.05, 3.63) is 59.2 Å². The molecule has 0 spiro atoms. The van der Waals surface area contributed by atoms with Crippen LogP contribution in [0.4, 0.5) is 5.69 Å². The Balaban J connectivity index is 1.33. The van der Waals surface area contributed by atoms with E-state index in [1.807, 2.05) is 17.8 Å². The second-order valence-electron chi connectivity index (χ2n) is 9.75. The zero-order valence-corrected chi connectivity index (χ0v) is 20.6. The first-order chi connectivity index (χ1) is 15.5. The highest BCUT2D eigenvalue weighted by molar-refractivity contribution is 7.99. The number of likely N-dealkylation sites (tertiary alicyclic amines) is 1. The third kappa shape index (κ3) is 6.08. The van der Waals surface area contributed by atoms with E-state index in [0.29, 0.717) is 0 Å². The summed E-state index contributed by atoms with van der Waals surface area (Å²) in [6.45, 7) is 12.9. The van der Waals surface area contributed by atoms with Gasteiger partial charge >= 0.3 is 0 Å². The van der Waals surface area contributed by atoms with Crippen molar-refractivity contribution in [2.24, 2.45) is 11.8 Å². The number of aryl methyl sites for hydroxylation is 1. The molecule has 0 saturated carbocycles. The van der Waals surface area contributed by atoms with Crippen LogP contribution in [0.15, 0.2) is 47.4 Å². The second kappa shape index (κ2) is 10.8. The van der Waals surface area contributed by atoms with Crippen molar-refractivity contribution in [2.75, 3.05) is 43.4 Å². The molecule has 172 valence electrons. The molecule has 2 aromatic rings. The number of rotatable bonds is 7. The number of benzene rings is 2. The van der Waals surface area contributed by atoms with Gasteiger partial charge in [0.25, 0.3) is 5.91 Å². The third-order valence-electron chi connectivity index (χ3n) is 6.56. The zero-order valence-electron chi connectivity index (χ0n) is 19.8. The van der Waals surface area contributed by atoms with Crippen LogP contribution in [0.5, 0.6) is 0 Å². The van der Waals surface area contributed by atoms with Crippen molar-refractivity contribution in [1.82, 2.24) is 10.2 Å². The van der Waals surface area contributed by atoms with Gasteiger partial charge in [-0.05, 0) is 61.9 Å². The van der Waals surface area contributed by atoms with Gasteiger partial charge in [-0.2, -0.15) is 0 Å². The molecule has 5 heteroatoms. The van der Waals surface area contributed by atoms with E-state index in [-0.39, 0.29) is 5.91 Å². The Hall–Kier alpha value is -1.98.